The van der Waals surface area contributed by atoms with Crippen LogP contribution in [0, 0.1) is 0 Å². The molecule has 0 aliphatic heterocycles. The average Bonchev–Trinajstić information content (AvgIpc) is 3.44. The first kappa shape index (κ1) is 26.0. The van der Waals surface area contributed by atoms with Gasteiger partial charge in [-0.05, 0) is 35.4 Å². The summed E-state index contributed by atoms with van der Waals surface area (Å²) < 4.78 is 39.5. The molecular formula is C23H16Cl2F3N3OS3. The van der Waals surface area contributed by atoms with Gasteiger partial charge in [-0.15, -0.1) is 22.7 Å². The number of rotatable bonds is 8. The Morgan fingerprint density at radius 2 is 1.77 bits per heavy atom. The number of nitrogens with zero attached hydrogens (tertiary/aromatic N) is 2. The Hall–Kier alpha value is -2.11. The van der Waals surface area contributed by atoms with Gasteiger partial charge in [-0.2, -0.15) is 13.2 Å². The van der Waals surface area contributed by atoms with Crippen molar-refractivity contribution in [1.82, 2.24) is 9.97 Å². The average molecular weight is 575 g/mol. The Balaban J connectivity index is 1.28. The highest BCUT2D eigenvalue weighted by Crippen LogP contribution is 2.31. The first-order valence-corrected chi connectivity index (χ1v) is 13.5. The number of nitrogens with one attached hydrogen (secondary N) is 1. The third-order valence-corrected chi connectivity index (χ3v) is 8.34. The van der Waals surface area contributed by atoms with Gasteiger partial charge in [0, 0.05) is 45.0 Å². The number of hydrogen-bond acceptors (Lipinski definition) is 6. The predicted molar refractivity (Wildman–Crippen MR) is 137 cm³/mol. The van der Waals surface area contributed by atoms with Gasteiger partial charge in [-0.25, -0.2) is 9.97 Å². The van der Waals surface area contributed by atoms with Crippen molar-refractivity contribution in [3.63, 3.8) is 0 Å². The number of hydrogen-bond donors (Lipinski definition) is 1. The fourth-order valence-corrected chi connectivity index (χ4v) is 6.19. The van der Waals surface area contributed by atoms with Crippen molar-refractivity contribution in [2.75, 3.05) is 11.1 Å². The summed E-state index contributed by atoms with van der Waals surface area (Å²) in [6.45, 7) is 0. The molecule has 2 aromatic heterocycles. The standard InChI is InChI=1S/C23H16Cl2F3N3OS3/c24-16-4-5-19(25)14(8-16)9-18-11-30-22(35-18)33-12-20(32)31-21-29-10-17(34-21)7-13-2-1-3-15(6-13)23(26,27)28/h1-6,8,10-11H,7,9,12H2,(H,29,31,32). The fourth-order valence-electron chi connectivity index (χ4n) is 3.09. The van der Waals surface area contributed by atoms with Crippen molar-refractivity contribution in [2.24, 2.45) is 0 Å². The lowest BCUT2D eigenvalue weighted by Gasteiger charge is -2.07. The second kappa shape index (κ2) is 11.3. The van der Waals surface area contributed by atoms with Gasteiger partial charge in [0.1, 0.15) is 0 Å². The summed E-state index contributed by atoms with van der Waals surface area (Å²) in [5.41, 5.74) is 0.739. The molecule has 0 saturated heterocycles. The number of thioether (sulfide) groups is 1. The summed E-state index contributed by atoms with van der Waals surface area (Å²) in [5.74, 6) is -0.0995. The van der Waals surface area contributed by atoms with Crippen LogP contribution < -0.4 is 5.32 Å². The van der Waals surface area contributed by atoms with E-state index < -0.39 is 11.7 Å². The SMILES string of the molecule is O=C(CSc1ncc(Cc2cc(Cl)ccc2Cl)s1)Nc1ncc(Cc2cccc(C(F)(F)F)c2)s1. The van der Waals surface area contributed by atoms with E-state index in [1.807, 2.05) is 6.07 Å². The van der Waals surface area contributed by atoms with E-state index in [9.17, 15) is 18.0 Å². The van der Waals surface area contributed by atoms with Crippen molar-refractivity contribution in [1.29, 1.82) is 0 Å². The van der Waals surface area contributed by atoms with Gasteiger partial charge < -0.3 is 5.32 Å². The quantitative estimate of drug-likeness (QED) is 0.218. The van der Waals surface area contributed by atoms with E-state index >= 15 is 0 Å². The van der Waals surface area contributed by atoms with E-state index in [0.29, 0.717) is 33.6 Å². The van der Waals surface area contributed by atoms with Crippen LogP contribution in [0.25, 0.3) is 0 Å². The molecule has 182 valence electrons. The highest BCUT2D eigenvalue weighted by atomic mass is 35.5. The van der Waals surface area contributed by atoms with Crippen LogP contribution in [0.15, 0.2) is 59.2 Å². The molecule has 4 nitrogen and oxygen atoms in total. The zero-order valence-electron chi connectivity index (χ0n) is 17.7. The molecule has 0 radical (unpaired) electrons. The third kappa shape index (κ3) is 7.44. The summed E-state index contributed by atoms with van der Waals surface area (Å²) in [6, 6.07) is 10.5. The zero-order valence-corrected chi connectivity index (χ0v) is 21.7. The lowest BCUT2D eigenvalue weighted by atomic mass is 10.1. The van der Waals surface area contributed by atoms with E-state index in [1.165, 1.54) is 40.5 Å². The Kier molecular flexibility index (Phi) is 8.38. The second-order valence-corrected chi connectivity index (χ2v) is 11.6. The first-order chi connectivity index (χ1) is 16.7. The first-order valence-electron chi connectivity index (χ1n) is 10.1. The number of carbonyl (C=O) groups excluding carboxylic acids is 1. The molecule has 2 heterocycles. The highest BCUT2D eigenvalue weighted by molar-refractivity contribution is 8.01. The number of amides is 1. The maximum absolute atomic E-state index is 12.9. The summed E-state index contributed by atoms with van der Waals surface area (Å²) in [7, 11) is 0. The van der Waals surface area contributed by atoms with Crippen LogP contribution in [0.1, 0.15) is 26.4 Å². The van der Waals surface area contributed by atoms with E-state index in [-0.39, 0.29) is 11.7 Å². The van der Waals surface area contributed by atoms with Crippen LogP contribution in [0.3, 0.4) is 0 Å². The zero-order chi connectivity index (χ0) is 25.0. The smallest absolute Gasteiger partial charge is 0.301 e. The highest BCUT2D eigenvalue weighted by Gasteiger charge is 2.30. The molecule has 2 aromatic carbocycles. The molecule has 4 aromatic rings. The van der Waals surface area contributed by atoms with Crippen molar-refractivity contribution >= 4 is 68.7 Å². The fraction of sp³-hybridized carbons (Fsp3) is 0.174. The molecule has 0 aliphatic rings. The third-order valence-electron chi connectivity index (χ3n) is 4.66. The van der Waals surface area contributed by atoms with E-state index in [4.69, 9.17) is 23.2 Å². The molecule has 4 rings (SSSR count). The maximum Gasteiger partial charge on any atom is 0.416 e. The largest absolute Gasteiger partial charge is 0.416 e. The minimum atomic E-state index is -4.39. The Morgan fingerprint density at radius 3 is 2.57 bits per heavy atom. The van der Waals surface area contributed by atoms with E-state index in [2.05, 4.69) is 15.3 Å². The Bertz CT molecular complexity index is 1340. The molecule has 1 N–H and O–H groups in total. The van der Waals surface area contributed by atoms with Gasteiger partial charge in [-0.3, -0.25) is 4.79 Å². The lowest BCUT2D eigenvalue weighted by molar-refractivity contribution is -0.137. The Morgan fingerprint density at radius 1 is 1.00 bits per heavy atom. The van der Waals surface area contributed by atoms with Crippen LogP contribution in [0.2, 0.25) is 10.0 Å². The van der Waals surface area contributed by atoms with Crippen molar-refractivity contribution < 1.29 is 18.0 Å². The molecule has 1 amide bonds. The summed E-state index contributed by atoms with van der Waals surface area (Å²) in [4.78, 5) is 22.6. The van der Waals surface area contributed by atoms with E-state index in [0.717, 1.165) is 31.8 Å². The normalized spacial score (nSPS) is 11.6. The van der Waals surface area contributed by atoms with E-state index in [1.54, 1.807) is 30.6 Å². The molecule has 0 aliphatic carbocycles. The number of aromatic nitrogens is 2. The number of anilines is 1. The van der Waals surface area contributed by atoms with Crippen LogP contribution in [0.5, 0.6) is 0 Å². The van der Waals surface area contributed by atoms with Crippen LogP contribution in [0.4, 0.5) is 18.3 Å². The molecule has 0 bridgehead atoms. The maximum atomic E-state index is 12.9. The molecule has 0 saturated carbocycles. The molecule has 0 unspecified atom stereocenters. The summed E-state index contributed by atoms with van der Waals surface area (Å²) >= 11 is 16.3. The second-order valence-electron chi connectivity index (χ2n) is 7.35. The topological polar surface area (TPSA) is 54.9 Å². The van der Waals surface area contributed by atoms with Crippen molar-refractivity contribution in [3.05, 3.63) is 91.3 Å². The number of halogens is 5. The molecular weight excluding hydrogens is 558 g/mol. The van der Waals surface area contributed by atoms with Crippen molar-refractivity contribution in [3.8, 4) is 0 Å². The van der Waals surface area contributed by atoms with Gasteiger partial charge in [0.25, 0.3) is 0 Å². The van der Waals surface area contributed by atoms with Gasteiger partial charge in [-0.1, -0.05) is 53.2 Å². The van der Waals surface area contributed by atoms with Gasteiger partial charge in [0.2, 0.25) is 5.91 Å². The summed E-state index contributed by atoms with van der Waals surface area (Å²) in [5, 5.41) is 4.37. The van der Waals surface area contributed by atoms with Crippen LogP contribution >= 0.6 is 57.6 Å². The number of carbonyl (C=O) groups is 1. The molecule has 12 heteroatoms. The monoisotopic (exact) mass is 573 g/mol. The number of thiazole rings is 2. The molecule has 0 atom stereocenters. The van der Waals surface area contributed by atoms with Gasteiger partial charge in [0.05, 0.1) is 11.3 Å². The van der Waals surface area contributed by atoms with Crippen molar-refractivity contribution in [2.45, 2.75) is 23.4 Å². The number of alkyl halides is 3. The van der Waals surface area contributed by atoms with Gasteiger partial charge in [0.15, 0.2) is 9.47 Å². The molecule has 35 heavy (non-hydrogen) atoms. The van der Waals surface area contributed by atoms with Gasteiger partial charge >= 0.3 is 6.18 Å². The molecule has 0 spiro atoms. The van der Waals surface area contributed by atoms with Crippen LogP contribution in [-0.4, -0.2) is 21.6 Å². The molecule has 0 fully saturated rings. The Labute approximate surface area is 221 Å². The summed E-state index contributed by atoms with van der Waals surface area (Å²) in [6.07, 6.45) is -0.186. The lowest BCUT2D eigenvalue weighted by Crippen LogP contribution is -2.13. The minimum absolute atomic E-state index is 0.146. The van der Waals surface area contributed by atoms with Crippen LogP contribution in [-0.2, 0) is 23.8 Å². The minimum Gasteiger partial charge on any atom is -0.301 e. The number of benzene rings is 2. The predicted octanol–water partition coefficient (Wildman–Crippen LogP) is 7.84.